The number of hydrogen-bond acceptors (Lipinski definition) is 5. The predicted molar refractivity (Wildman–Crippen MR) is 104 cm³/mol. The summed E-state index contributed by atoms with van der Waals surface area (Å²) in [6.45, 7) is 2.57. The summed E-state index contributed by atoms with van der Waals surface area (Å²) in [4.78, 5) is 15.8. The van der Waals surface area contributed by atoms with E-state index in [1.54, 1.807) is 0 Å². The minimum atomic E-state index is -0.811. The highest BCUT2D eigenvalue weighted by molar-refractivity contribution is 5.66. The van der Waals surface area contributed by atoms with Crippen molar-refractivity contribution in [3.8, 4) is 0 Å². The molecule has 2 aliphatic carbocycles. The number of aliphatic hydroxyl groups is 2. The molecule has 27 heavy (non-hydrogen) atoms. The van der Waals surface area contributed by atoms with E-state index in [0.29, 0.717) is 25.4 Å². The Kier molecular flexibility index (Phi) is 9.59. The second-order valence-electron chi connectivity index (χ2n) is 8.13. The van der Waals surface area contributed by atoms with Crippen LogP contribution in [0.1, 0.15) is 84.0 Å². The third-order valence-electron chi connectivity index (χ3n) is 6.01. The third-order valence-corrected chi connectivity index (χ3v) is 6.01. The number of carboxylic acids is 1. The molecular weight excluding hydrogens is 346 g/mol. The number of allylic oxidation sites excluding steroid dienone is 1. The zero-order chi connectivity index (χ0) is 19.6. The fraction of sp³-hybridized carbons (Fsp3) is 0.857. The summed E-state index contributed by atoms with van der Waals surface area (Å²) in [7, 11) is 0. The lowest BCUT2D eigenvalue weighted by Crippen LogP contribution is -2.30. The Morgan fingerprint density at radius 3 is 2.70 bits per heavy atom. The maximum absolute atomic E-state index is 10.5. The summed E-state index contributed by atoms with van der Waals surface area (Å²) >= 11 is 0. The van der Waals surface area contributed by atoms with E-state index in [4.69, 9.17) is 9.94 Å². The second-order valence-corrected chi connectivity index (χ2v) is 8.13. The molecule has 1 fully saturated rings. The van der Waals surface area contributed by atoms with Crippen molar-refractivity contribution in [3.05, 3.63) is 11.3 Å². The van der Waals surface area contributed by atoms with Crippen LogP contribution >= 0.6 is 0 Å². The molecular formula is C21H37NO5. The normalized spacial score (nSPS) is 25.2. The molecule has 6 heteroatoms. The first-order valence-electron chi connectivity index (χ1n) is 10.7. The van der Waals surface area contributed by atoms with Gasteiger partial charge in [-0.25, -0.2) is 0 Å². The summed E-state index contributed by atoms with van der Waals surface area (Å²) in [5, 5.41) is 29.2. The molecule has 0 aromatic carbocycles. The van der Waals surface area contributed by atoms with Crippen LogP contribution in [0.5, 0.6) is 0 Å². The maximum Gasteiger partial charge on any atom is 0.303 e. The van der Waals surface area contributed by atoms with E-state index in [1.807, 2.05) is 0 Å². The molecule has 4 N–H and O–H groups in total. The first kappa shape index (κ1) is 22.2. The maximum atomic E-state index is 10.5. The highest BCUT2D eigenvalue weighted by Gasteiger charge is 2.45. The summed E-state index contributed by atoms with van der Waals surface area (Å²) in [6, 6.07) is 0. The van der Waals surface area contributed by atoms with Gasteiger partial charge < -0.3 is 15.3 Å². The van der Waals surface area contributed by atoms with Crippen molar-refractivity contribution in [1.82, 2.24) is 5.48 Å². The van der Waals surface area contributed by atoms with E-state index in [9.17, 15) is 15.0 Å². The van der Waals surface area contributed by atoms with Gasteiger partial charge in [-0.15, -0.1) is 0 Å². The highest BCUT2D eigenvalue weighted by atomic mass is 16.6. The van der Waals surface area contributed by atoms with Gasteiger partial charge in [0.2, 0.25) is 0 Å². The van der Waals surface area contributed by atoms with Gasteiger partial charge in [0.15, 0.2) is 0 Å². The van der Waals surface area contributed by atoms with Crippen LogP contribution in [0.4, 0.5) is 0 Å². The van der Waals surface area contributed by atoms with Crippen LogP contribution in [0.15, 0.2) is 11.3 Å². The van der Waals surface area contributed by atoms with Crippen LogP contribution in [0.2, 0.25) is 0 Å². The van der Waals surface area contributed by atoms with Crippen LogP contribution in [-0.4, -0.2) is 40.1 Å². The lowest BCUT2D eigenvalue weighted by molar-refractivity contribution is -0.137. The lowest BCUT2D eigenvalue weighted by atomic mass is 9.77. The van der Waals surface area contributed by atoms with Gasteiger partial charge in [0, 0.05) is 12.1 Å². The van der Waals surface area contributed by atoms with Crippen molar-refractivity contribution in [2.45, 2.75) is 96.2 Å². The minimum Gasteiger partial charge on any atom is -0.481 e. The summed E-state index contributed by atoms with van der Waals surface area (Å²) in [6.07, 6.45) is 10.2. The minimum absolute atomic E-state index is 0.109. The molecule has 4 unspecified atom stereocenters. The lowest BCUT2D eigenvalue weighted by Gasteiger charge is -2.32. The summed E-state index contributed by atoms with van der Waals surface area (Å²) in [5.74, 6) is -0.164. The molecule has 0 spiro atoms. The Morgan fingerprint density at radius 1 is 1.19 bits per heavy atom. The molecule has 2 rings (SSSR count). The molecule has 6 nitrogen and oxygen atoms in total. The standard InChI is InChI=1S/C21H37NO5/c1-2-3-4-5-6-8-15(23)10-11-16-17-13-19(18(17)14-20(16)24)22-27-12-7-9-21(25)26/h15-17,20,22-24H,2-14H2,1H3,(H,25,26). The van der Waals surface area contributed by atoms with Crippen LogP contribution < -0.4 is 5.48 Å². The average molecular weight is 384 g/mol. The van der Waals surface area contributed by atoms with Crippen molar-refractivity contribution >= 4 is 5.97 Å². The molecule has 0 amide bonds. The highest BCUT2D eigenvalue weighted by Crippen LogP contribution is 2.50. The molecule has 0 aromatic heterocycles. The van der Waals surface area contributed by atoms with Gasteiger partial charge in [-0.1, -0.05) is 39.0 Å². The summed E-state index contributed by atoms with van der Waals surface area (Å²) < 4.78 is 0. The quantitative estimate of drug-likeness (QED) is 0.255. The van der Waals surface area contributed by atoms with Crippen molar-refractivity contribution in [2.75, 3.05) is 6.61 Å². The van der Waals surface area contributed by atoms with E-state index in [1.165, 1.54) is 31.3 Å². The number of aliphatic carboxylic acids is 1. The molecule has 0 heterocycles. The fourth-order valence-corrected chi connectivity index (χ4v) is 4.34. The van der Waals surface area contributed by atoms with E-state index >= 15 is 0 Å². The number of carboxylic acid groups (broad SMARTS) is 1. The molecule has 0 radical (unpaired) electrons. The van der Waals surface area contributed by atoms with Crippen molar-refractivity contribution in [1.29, 1.82) is 0 Å². The number of nitrogens with one attached hydrogen (secondary N) is 1. The van der Waals surface area contributed by atoms with Gasteiger partial charge in [-0.3, -0.25) is 15.1 Å². The predicted octanol–water partition coefficient (Wildman–Crippen LogP) is 3.53. The number of hydrogen-bond donors (Lipinski definition) is 4. The SMILES string of the molecule is CCCCCCCC(O)CCC1C(O)CC2=C(NOCCCC(=O)O)CC21. The van der Waals surface area contributed by atoms with Crippen molar-refractivity contribution < 1.29 is 25.0 Å². The van der Waals surface area contributed by atoms with E-state index in [2.05, 4.69) is 12.4 Å². The number of rotatable bonds is 15. The van der Waals surface area contributed by atoms with Crippen LogP contribution in [-0.2, 0) is 9.63 Å². The average Bonchev–Trinajstić information content (AvgIpc) is 2.86. The van der Waals surface area contributed by atoms with Gasteiger partial charge >= 0.3 is 5.97 Å². The Bertz CT molecular complexity index is 493. The number of carbonyl (C=O) groups is 1. The zero-order valence-corrected chi connectivity index (χ0v) is 16.7. The first-order chi connectivity index (χ1) is 13.0. The molecule has 0 bridgehead atoms. The van der Waals surface area contributed by atoms with Gasteiger partial charge in [-0.05, 0) is 55.9 Å². The fourth-order valence-electron chi connectivity index (χ4n) is 4.34. The Morgan fingerprint density at radius 2 is 1.96 bits per heavy atom. The molecule has 0 saturated heterocycles. The molecule has 0 aliphatic heterocycles. The Labute approximate surface area is 162 Å². The Balaban J connectivity index is 1.62. The van der Waals surface area contributed by atoms with E-state index in [0.717, 1.165) is 37.8 Å². The number of hydroxylamine groups is 1. The second kappa shape index (κ2) is 11.7. The van der Waals surface area contributed by atoms with Crippen molar-refractivity contribution in [3.63, 3.8) is 0 Å². The van der Waals surface area contributed by atoms with Gasteiger partial charge in [0.25, 0.3) is 0 Å². The van der Waals surface area contributed by atoms with E-state index in [-0.39, 0.29) is 24.5 Å². The molecule has 1 saturated carbocycles. The van der Waals surface area contributed by atoms with Crippen molar-refractivity contribution in [2.24, 2.45) is 11.8 Å². The number of unbranched alkanes of at least 4 members (excludes halogenated alkanes) is 4. The van der Waals surface area contributed by atoms with Gasteiger partial charge in [0.1, 0.15) is 0 Å². The van der Waals surface area contributed by atoms with Crippen LogP contribution in [0, 0.1) is 11.8 Å². The van der Waals surface area contributed by atoms with Crippen LogP contribution in [0.25, 0.3) is 0 Å². The zero-order valence-electron chi connectivity index (χ0n) is 16.7. The van der Waals surface area contributed by atoms with Gasteiger partial charge in [0.05, 0.1) is 18.8 Å². The molecule has 4 atom stereocenters. The molecule has 0 aromatic rings. The monoisotopic (exact) mass is 383 g/mol. The number of fused-ring (bicyclic) bond motifs is 1. The molecule has 2 aliphatic rings. The van der Waals surface area contributed by atoms with Gasteiger partial charge in [-0.2, -0.15) is 0 Å². The Hall–Kier alpha value is -1.11. The number of aliphatic hydroxyl groups excluding tert-OH is 2. The topological polar surface area (TPSA) is 99.0 Å². The van der Waals surface area contributed by atoms with E-state index < -0.39 is 5.97 Å². The first-order valence-corrected chi connectivity index (χ1v) is 10.7. The summed E-state index contributed by atoms with van der Waals surface area (Å²) in [5.41, 5.74) is 5.24. The molecule has 156 valence electrons. The smallest absolute Gasteiger partial charge is 0.303 e. The third kappa shape index (κ3) is 7.09. The van der Waals surface area contributed by atoms with Crippen LogP contribution in [0.3, 0.4) is 0 Å². The largest absolute Gasteiger partial charge is 0.481 e.